The third-order valence-corrected chi connectivity index (χ3v) is 8.04. The van der Waals surface area contributed by atoms with Crippen LogP contribution in [0, 0.1) is 11.8 Å². The first-order valence-corrected chi connectivity index (χ1v) is 12.6. The van der Waals surface area contributed by atoms with Crippen molar-refractivity contribution in [2.75, 3.05) is 13.2 Å². The van der Waals surface area contributed by atoms with E-state index in [0.29, 0.717) is 19.4 Å². The molecule has 7 nitrogen and oxygen atoms in total. The van der Waals surface area contributed by atoms with Crippen LogP contribution in [0.5, 0.6) is 0 Å². The summed E-state index contributed by atoms with van der Waals surface area (Å²) in [6.07, 6.45) is 4.38. The van der Waals surface area contributed by atoms with E-state index in [2.05, 4.69) is 34.9 Å². The van der Waals surface area contributed by atoms with E-state index in [0.717, 1.165) is 25.7 Å². The maximum absolute atomic E-state index is 13.0. The highest BCUT2D eigenvalue weighted by atomic mass is 16.5. The zero-order valence-electron chi connectivity index (χ0n) is 19.8. The molecule has 2 amide bonds. The lowest BCUT2D eigenvalue weighted by Crippen LogP contribution is -2.56. The van der Waals surface area contributed by atoms with Crippen molar-refractivity contribution in [1.82, 2.24) is 10.6 Å². The average molecular weight is 477 g/mol. The molecule has 2 fully saturated rings. The number of carboxylic acids is 1. The number of rotatable bonds is 8. The van der Waals surface area contributed by atoms with E-state index >= 15 is 0 Å². The van der Waals surface area contributed by atoms with Gasteiger partial charge in [-0.05, 0) is 60.3 Å². The van der Waals surface area contributed by atoms with Crippen molar-refractivity contribution in [3.8, 4) is 11.1 Å². The molecule has 2 saturated carbocycles. The van der Waals surface area contributed by atoms with E-state index in [1.807, 2.05) is 24.3 Å². The quantitative estimate of drug-likeness (QED) is 0.522. The molecular formula is C28H32N2O5. The number of carbonyl (C=O) groups excluding carboxylic acids is 2. The van der Waals surface area contributed by atoms with E-state index in [9.17, 15) is 19.5 Å². The molecule has 0 saturated heterocycles. The summed E-state index contributed by atoms with van der Waals surface area (Å²) in [7, 11) is 0. The molecule has 0 bridgehead atoms. The van der Waals surface area contributed by atoms with Gasteiger partial charge >= 0.3 is 12.1 Å². The van der Waals surface area contributed by atoms with Crippen LogP contribution in [-0.4, -0.2) is 41.8 Å². The maximum Gasteiger partial charge on any atom is 0.407 e. The lowest BCUT2D eigenvalue weighted by Gasteiger charge is -2.42. The second-order valence-electron chi connectivity index (χ2n) is 10.2. The summed E-state index contributed by atoms with van der Waals surface area (Å²) in [5, 5.41) is 15.1. The van der Waals surface area contributed by atoms with E-state index < -0.39 is 17.6 Å². The molecule has 5 rings (SSSR count). The van der Waals surface area contributed by atoms with Crippen molar-refractivity contribution in [2.24, 2.45) is 11.8 Å². The van der Waals surface area contributed by atoms with Gasteiger partial charge in [0.25, 0.3) is 0 Å². The zero-order valence-corrected chi connectivity index (χ0v) is 19.8. The SMILES string of the molecule is O=C(O)CC1(NC(=O)[C@@H]2CCC[C@@H]2CNC(=O)OCC2c3ccccc3-c3ccccc32)CCC1. The Morgan fingerprint density at radius 3 is 2.20 bits per heavy atom. The van der Waals surface area contributed by atoms with Crippen LogP contribution < -0.4 is 10.6 Å². The molecule has 0 spiro atoms. The maximum atomic E-state index is 13.0. The van der Waals surface area contributed by atoms with Crippen LogP contribution in [0.3, 0.4) is 0 Å². The number of alkyl carbamates (subject to hydrolysis) is 1. The predicted molar refractivity (Wildman–Crippen MR) is 131 cm³/mol. The largest absolute Gasteiger partial charge is 0.481 e. The highest BCUT2D eigenvalue weighted by molar-refractivity contribution is 5.82. The van der Waals surface area contributed by atoms with Crippen LogP contribution in [0.1, 0.15) is 62.0 Å². The monoisotopic (exact) mass is 476 g/mol. The molecule has 35 heavy (non-hydrogen) atoms. The van der Waals surface area contributed by atoms with Crippen LogP contribution in [0.15, 0.2) is 48.5 Å². The summed E-state index contributed by atoms with van der Waals surface area (Å²) in [5.74, 6) is -1.15. The summed E-state index contributed by atoms with van der Waals surface area (Å²) >= 11 is 0. The Morgan fingerprint density at radius 1 is 0.943 bits per heavy atom. The Bertz CT molecular complexity index is 1080. The summed E-state index contributed by atoms with van der Waals surface area (Å²) in [4.78, 5) is 36.8. The van der Waals surface area contributed by atoms with Gasteiger partial charge in [-0.1, -0.05) is 55.0 Å². The Labute approximate surface area is 205 Å². The molecule has 0 aromatic heterocycles. The molecule has 0 heterocycles. The highest BCUT2D eigenvalue weighted by Gasteiger charge is 2.43. The van der Waals surface area contributed by atoms with Crippen LogP contribution in [0.4, 0.5) is 4.79 Å². The Hall–Kier alpha value is -3.35. The molecule has 2 atom stereocenters. The topological polar surface area (TPSA) is 105 Å². The minimum Gasteiger partial charge on any atom is -0.481 e. The highest BCUT2D eigenvalue weighted by Crippen LogP contribution is 2.44. The van der Waals surface area contributed by atoms with Crippen LogP contribution in [0.2, 0.25) is 0 Å². The van der Waals surface area contributed by atoms with Gasteiger partial charge in [-0.15, -0.1) is 0 Å². The summed E-state index contributed by atoms with van der Waals surface area (Å²) in [6.45, 7) is 0.632. The van der Waals surface area contributed by atoms with Gasteiger partial charge in [0.05, 0.1) is 12.0 Å². The van der Waals surface area contributed by atoms with Gasteiger partial charge in [0.15, 0.2) is 0 Å². The molecule has 3 aliphatic rings. The van der Waals surface area contributed by atoms with E-state index in [4.69, 9.17) is 4.74 Å². The lowest BCUT2D eigenvalue weighted by molar-refractivity contribution is -0.141. The normalized spacial score (nSPS) is 21.9. The van der Waals surface area contributed by atoms with Crippen molar-refractivity contribution >= 4 is 18.0 Å². The lowest BCUT2D eigenvalue weighted by atomic mass is 9.74. The molecule has 7 heteroatoms. The van der Waals surface area contributed by atoms with Gasteiger partial charge in [0, 0.05) is 18.4 Å². The molecule has 0 radical (unpaired) electrons. The molecule has 0 aliphatic heterocycles. The molecule has 3 N–H and O–H groups in total. The number of fused-ring (bicyclic) bond motifs is 3. The fourth-order valence-electron chi connectivity index (χ4n) is 6.08. The number of carbonyl (C=O) groups is 3. The summed E-state index contributed by atoms with van der Waals surface area (Å²) in [6, 6.07) is 16.4. The fourth-order valence-corrected chi connectivity index (χ4v) is 6.08. The van der Waals surface area contributed by atoms with Gasteiger partial charge < -0.3 is 20.5 Å². The fraction of sp³-hybridized carbons (Fsp3) is 0.464. The van der Waals surface area contributed by atoms with Gasteiger partial charge in [0.1, 0.15) is 6.61 Å². The minimum absolute atomic E-state index is 0.00561. The van der Waals surface area contributed by atoms with E-state index in [1.54, 1.807) is 0 Å². The number of hydrogen-bond donors (Lipinski definition) is 3. The van der Waals surface area contributed by atoms with Crippen molar-refractivity contribution in [3.05, 3.63) is 59.7 Å². The minimum atomic E-state index is -0.884. The Kier molecular flexibility index (Phi) is 6.50. The summed E-state index contributed by atoms with van der Waals surface area (Å²) < 4.78 is 5.63. The molecule has 3 aliphatic carbocycles. The average Bonchev–Trinajstić information content (AvgIpc) is 3.42. The van der Waals surface area contributed by atoms with Crippen molar-refractivity contribution in [2.45, 2.75) is 56.4 Å². The number of hydrogen-bond acceptors (Lipinski definition) is 4. The standard InChI is InChI=1S/C28H32N2O5/c31-25(32)15-28(13-6-14-28)30-26(33)19-12-5-7-18(19)16-29-27(34)35-17-24-22-10-3-1-8-20(22)21-9-2-4-11-23(21)24/h1-4,8-11,18-19,24H,5-7,12-17H2,(H,29,34)(H,30,33)(H,31,32)/t18-,19-/m1/s1. The van der Waals surface area contributed by atoms with Gasteiger partial charge in [-0.25, -0.2) is 4.79 Å². The van der Waals surface area contributed by atoms with Crippen molar-refractivity contribution in [1.29, 1.82) is 0 Å². The smallest absolute Gasteiger partial charge is 0.407 e. The molecule has 2 aromatic carbocycles. The van der Waals surface area contributed by atoms with Crippen LogP contribution in [0.25, 0.3) is 11.1 Å². The van der Waals surface area contributed by atoms with Gasteiger partial charge in [-0.3, -0.25) is 9.59 Å². The third kappa shape index (κ3) is 4.77. The van der Waals surface area contributed by atoms with Gasteiger partial charge in [0.2, 0.25) is 5.91 Å². The van der Waals surface area contributed by atoms with Gasteiger partial charge in [-0.2, -0.15) is 0 Å². The van der Waals surface area contributed by atoms with Crippen molar-refractivity contribution in [3.63, 3.8) is 0 Å². The Morgan fingerprint density at radius 2 is 1.60 bits per heavy atom. The molecule has 2 aromatic rings. The molecule has 184 valence electrons. The number of aliphatic carboxylic acids is 1. The van der Waals surface area contributed by atoms with Crippen LogP contribution in [-0.2, 0) is 14.3 Å². The number of carboxylic acid groups (broad SMARTS) is 1. The zero-order chi connectivity index (χ0) is 24.4. The second-order valence-corrected chi connectivity index (χ2v) is 10.2. The first-order valence-electron chi connectivity index (χ1n) is 12.6. The van der Waals surface area contributed by atoms with E-state index in [-0.39, 0.29) is 36.7 Å². The number of nitrogens with one attached hydrogen (secondary N) is 2. The molecule has 0 unspecified atom stereocenters. The van der Waals surface area contributed by atoms with Crippen molar-refractivity contribution < 1.29 is 24.2 Å². The first-order chi connectivity index (χ1) is 17.0. The predicted octanol–water partition coefficient (Wildman–Crippen LogP) is 4.46. The van der Waals surface area contributed by atoms with Crippen LogP contribution >= 0.6 is 0 Å². The number of amides is 2. The molecular weight excluding hydrogens is 444 g/mol. The summed E-state index contributed by atoms with van der Waals surface area (Å²) in [5.41, 5.74) is 4.10. The Balaban J connectivity index is 1.14. The number of benzene rings is 2. The second kappa shape index (κ2) is 9.72. The first kappa shape index (κ1) is 23.4. The third-order valence-electron chi connectivity index (χ3n) is 8.04. The number of ether oxygens (including phenoxy) is 1. The van der Waals surface area contributed by atoms with E-state index in [1.165, 1.54) is 22.3 Å².